The second kappa shape index (κ2) is 3.99. The molecule has 0 fully saturated rings. The van der Waals surface area contributed by atoms with E-state index >= 15 is 0 Å². The Kier molecular flexibility index (Phi) is 2.49. The Hall–Kier alpha value is -1.20. The summed E-state index contributed by atoms with van der Waals surface area (Å²) in [5, 5.41) is 6.81. The molecule has 2 aromatic rings. The number of H-pyrrole nitrogens is 1. The van der Waals surface area contributed by atoms with Crippen molar-refractivity contribution in [3.8, 4) is 0 Å². The summed E-state index contributed by atoms with van der Waals surface area (Å²) in [4.78, 5) is 12.2. The lowest BCUT2D eigenvalue weighted by molar-refractivity contribution is 0.544. The van der Waals surface area contributed by atoms with Crippen molar-refractivity contribution in [2.45, 2.75) is 25.8 Å². The van der Waals surface area contributed by atoms with Gasteiger partial charge in [-0.25, -0.2) is 9.97 Å². The van der Waals surface area contributed by atoms with Gasteiger partial charge in [0.25, 0.3) is 0 Å². The first-order valence-corrected chi connectivity index (χ1v) is 6.46. The highest BCUT2D eigenvalue weighted by Gasteiger charge is 2.25. The van der Waals surface area contributed by atoms with E-state index in [4.69, 9.17) is 0 Å². The Labute approximate surface area is 98.1 Å². The van der Waals surface area contributed by atoms with Gasteiger partial charge in [0.05, 0.1) is 28.8 Å². The molecule has 3 heterocycles. The monoisotopic (exact) mass is 234 g/mol. The zero-order chi connectivity index (χ0) is 11.0. The van der Waals surface area contributed by atoms with E-state index in [0.29, 0.717) is 0 Å². The SMILES string of the molecule is CCc1nc(C2NCCc3[nH]cnc32)cs1. The minimum Gasteiger partial charge on any atom is -0.348 e. The van der Waals surface area contributed by atoms with E-state index < -0.39 is 0 Å². The van der Waals surface area contributed by atoms with Crippen molar-refractivity contribution >= 4 is 11.3 Å². The summed E-state index contributed by atoms with van der Waals surface area (Å²) in [6.45, 7) is 3.12. The molecule has 0 radical (unpaired) electrons. The molecule has 0 saturated carbocycles. The molecule has 1 atom stereocenters. The molecule has 1 aliphatic heterocycles. The third-order valence-corrected chi connectivity index (χ3v) is 3.93. The molecular weight excluding hydrogens is 220 g/mol. The van der Waals surface area contributed by atoms with Crippen LogP contribution in [0.2, 0.25) is 0 Å². The van der Waals surface area contributed by atoms with Gasteiger partial charge in [-0.1, -0.05) is 6.92 Å². The van der Waals surface area contributed by atoms with Crippen LogP contribution in [0.3, 0.4) is 0 Å². The van der Waals surface area contributed by atoms with Crippen molar-refractivity contribution in [1.29, 1.82) is 0 Å². The minimum atomic E-state index is 0.173. The summed E-state index contributed by atoms with van der Waals surface area (Å²) in [6.07, 6.45) is 3.80. The van der Waals surface area contributed by atoms with E-state index in [1.807, 2.05) is 0 Å². The number of aryl methyl sites for hydroxylation is 1. The molecule has 16 heavy (non-hydrogen) atoms. The summed E-state index contributed by atoms with van der Waals surface area (Å²) in [7, 11) is 0. The van der Waals surface area contributed by atoms with E-state index in [-0.39, 0.29) is 6.04 Å². The van der Waals surface area contributed by atoms with E-state index in [9.17, 15) is 0 Å². The number of hydrogen-bond acceptors (Lipinski definition) is 4. The predicted molar refractivity (Wildman–Crippen MR) is 63.6 cm³/mol. The fourth-order valence-electron chi connectivity index (χ4n) is 2.08. The predicted octanol–water partition coefficient (Wildman–Crippen LogP) is 1.66. The van der Waals surface area contributed by atoms with Crippen LogP contribution in [0.25, 0.3) is 0 Å². The molecule has 2 aromatic heterocycles. The zero-order valence-corrected chi connectivity index (χ0v) is 9.97. The molecule has 84 valence electrons. The van der Waals surface area contributed by atoms with E-state index in [2.05, 4.69) is 32.6 Å². The van der Waals surface area contributed by atoms with Crippen molar-refractivity contribution in [1.82, 2.24) is 20.3 Å². The van der Waals surface area contributed by atoms with Gasteiger partial charge < -0.3 is 10.3 Å². The van der Waals surface area contributed by atoms with Crippen LogP contribution in [0.1, 0.15) is 35.1 Å². The quantitative estimate of drug-likeness (QED) is 0.831. The number of rotatable bonds is 2. The minimum absolute atomic E-state index is 0.173. The molecule has 0 aliphatic carbocycles. The molecule has 5 heteroatoms. The fraction of sp³-hybridized carbons (Fsp3) is 0.455. The van der Waals surface area contributed by atoms with Gasteiger partial charge >= 0.3 is 0 Å². The number of nitrogens with one attached hydrogen (secondary N) is 2. The number of hydrogen-bond donors (Lipinski definition) is 2. The van der Waals surface area contributed by atoms with E-state index in [0.717, 1.165) is 30.8 Å². The van der Waals surface area contributed by atoms with Crippen LogP contribution in [-0.4, -0.2) is 21.5 Å². The van der Waals surface area contributed by atoms with Crippen LogP contribution < -0.4 is 5.32 Å². The fourth-order valence-corrected chi connectivity index (χ4v) is 2.85. The molecule has 2 N–H and O–H groups in total. The average molecular weight is 234 g/mol. The van der Waals surface area contributed by atoms with Crippen LogP contribution >= 0.6 is 11.3 Å². The third kappa shape index (κ3) is 1.56. The highest BCUT2D eigenvalue weighted by Crippen LogP contribution is 2.27. The summed E-state index contributed by atoms with van der Waals surface area (Å²) in [6, 6.07) is 0.173. The van der Waals surface area contributed by atoms with Gasteiger partial charge in [-0.3, -0.25) is 0 Å². The maximum Gasteiger partial charge on any atom is 0.0952 e. The first-order valence-electron chi connectivity index (χ1n) is 5.58. The first kappa shape index (κ1) is 9.99. The van der Waals surface area contributed by atoms with Crippen LogP contribution in [0.5, 0.6) is 0 Å². The van der Waals surface area contributed by atoms with Gasteiger partial charge in [-0.15, -0.1) is 11.3 Å². The largest absolute Gasteiger partial charge is 0.348 e. The summed E-state index contributed by atoms with van der Waals surface area (Å²) in [5.41, 5.74) is 3.46. The Morgan fingerprint density at radius 2 is 2.50 bits per heavy atom. The van der Waals surface area contributed by atoms with Gasteiger partial charge in [-0.05, 0) is 6.42 Å². The number of nitrogens with zero attached hydrogens (tertiary/aromatic N) is 2. The molecule has 0 aromatic carbocycles. The smallest absolute Gasteiger partial charge is 0.0952 e. The Bertz CT molecular complexity index is 488. The summed E-state index contributed by atoms with van der Waals surface area (Å²) in [5.74, 6) is 0. The second-order valence-corrected chi connectivity index (χ2v) is 4.87. The number of aromatic nitrogens is 3. The van der Waals surface area contributed by atoms with Crippen molar-refractivity contribution in [3.05, 3.63) is 33.8 Å². The van der Waals surface area contributed by atoms with Crippen molar-refractivity contribution in [2.75, 3.05) is 6.54 Å². The summed E-state index contributed by atoms with van der Waals surface area (Å²) < 4.78 is 0. The first-order chi connectivity index (χ1) is 7.88. The standard InChI is InChI=1S/C11H14N4S/c1-2-9-15-8(5-16-9)11-10-7(3-4-12-11)13-6-14-10/h5-6,11-12H,2-4H2,1H3,(H,13,14). The highest BCUT2D eigenvalue weighted by atomic mass is 32.1. The number of thiazole rings is 1. The molecular formula is C11H14N4S. The van der Waals surface area contributed by atoms with Crippen molar-refractivity contribution in [3.63, 3.8) is 0 Å². The highest BCUT2D eigenvalue weighted by molar-refractivity contribution is 7.09. The number of imidazole rings is 1. The van der Waals surface area contributed by atoms with E-state index in [1.165, 1.54) is 10.7 Å². The second-order valence-electron chi connectivity index (χ2n) is 3.92. The normalized spacial score (nSPS) is 19.7. The Morgan fingerprint density at radius 3 is 3.31 bits per heavy atom. The lowest BCUT2D eigenvalue weighted by atomic mass is 10.0. The molecule has 0 saturated heterocycles. The van der Waals surface area contributed by atoms with Gasteiger partial charge in [0.1, 0.15) is 0 Å². The Balaban J connectivity index is 1.97. The zero-order valence-electron chi connectivity index (χ0n) is 9.16. The molecule has 0 spiro atoms. The van der Waals surface area contributed by atoms with Crippen molar-refractivity contribution < 1.29 is 0 Å². The number of fused-ring (bicyclic) bond motifs is 1. The maximum atomic E-state index is 4.63. The lowest BCUT2D eigenvalue weighted by Gasteiger charge is -2.21. The van der Waals surface area contributed by atoms with Gasteiger partial charge in [0.15, 0.2) is 0 Å². The van der Waals surface area contributed by atoms with Gasteiger partial charge in [-0.2, -0.15) is 0 Å². The summed E-state index contributed by atoms with van der Waals surface area (Å²) >= 11 is 1.73. The molecule has 0 bridgehead atoms. The lowest BCUT2D eigenvalue weighted by Crippen LogP contribution is -2.30. The topological polar surface area (TPSA) is 53.6 Å². The van der Waals surface area contributed by atoms with Gasteiger partial charge in [0, 0.05) is 24.0 Å². The van der Waals surface area contributed by atoms with Crippen molar-refractivity contribution in [2.24, 2.45) is 0 Å². The molecule has 0 amide bonds. The van der Waals surface area contributed by atoms with Crippen LogP contribution in [0, 0.1) is 0 Å². The van der Waals surface area contributed by atoms with E-state index in [1.54, 1.807) is 17.7 Å². The molecule has 1 aliphatic rings. The van der Waals surface area contributed by atoms with Gasteiger partial charge in [0.2, 0.25) is 0 Å². The molecule has 3 rings (SSSR count). The Morgan fingerprint density at radius 1 is 1.56 bits per heavy atom. The molecule has 4 nitrogen and oxygen atoms in total. The molecule has 1 unspecified atom stereocenters. The number of aromatic amines is 1. The van der Waals surface area contributed by atoms with Crippen LogP contribution in [-0.2, 0) is 12.8 Å². The van der Waals surface area contributed by atoms with Crippen LogP contribution in [0.15, 0.2) is 11.7 Å². The average Bonchev–Trinajstić information content (AvgIpc) is 2.97. The third-order valence-electron chi connectivity index (χ3n) is 2.92. The maximum absolute atomic E-state index is 4.63. The van der Waals surface area contributed by atoms with Crippen LogP contribution in [0.4, 0.5) is 0 Å².